The van der Waals surface area contributed by atoms with Crippen LogP contribution in [0.2, 0.25) is 0 Å². The molecule has 7 nitrogen and oxygen atoms in total. The van der Waals surface area contributed by atoms with Gasteiger partial charge in [-0.25, -0.2) is 0 Å². The zero-order valence-corrected chi connectivity index (χ0v) is 11.9. The molecule has 0 saturated carbocycles. The summed E-state index contributed by atoms with van der Waals surface area (Å²) in [5.41, 5.74) is 1.34. The summed E-state index contributed by atoms with van der Waals surface area (Å²) in [6.45, 7) is 0. The third kappa shape index (κ3) is 4.04. The maximum Gasteiger partial charge on any atom is 0.265 e. The number of rotatable bonds is 6. The number of aromatic amines is 1. The second kappa shape index (κ2) is 6.02. The highest BCUT2D eigenvalue weighted by Gasteiger charge is 2.21. The number of nitrogens with one attached hydrogen (secondary N) is 1. The van der Waals surface area contributed by atoms with Crippen molar-refractivity contribution in [3.05, 3.63) is 41.7 Å². The fraction of sp³-hybridized carbons (Fsp3) is 0.333. The van der Waals surface area contributed by atoms with Gasteiger partial charge in [-0.3, -0.25) is 9.28 Å². The Morgan fingerprint density at radius 1 is 1.30 bits per heavy atom. The van der Waals surface area contributed by atoms with Crippen molar-refractivity contribution in [2.24, 2.45) is 0 Å². The number of H-pyrrole nitrogens is 1. The van der Waals surface area contributed by atoms with Crippen LogP contribution < -0.4 is 4.74 Å². The molecule has 8 heteroatoms. The predicted molar refractivity (Wildman–Crippen MR) is 71.8 cm³/mol. The normalized spacial score (nSPS) is 13.1. The smallest absolute Gasteiger partial charge is 0.265 e. The summed E-state index contributed by atoms with van der Waals surface area (Å²) in [4.78, 5) is 0. The Morgan fingerprint density at radius 2 is 2.00 bits per heavy atom. The van der Waals surface area contributed by atoms with E-state index in [9.17, 15) is 8.42 Å². The summed E-state index contributed by atoms with van der Waals surface area (Å²) in [6.07, 6.45) is 2.18. The van der Waals surface area contributed by atoms with Crippen LogP contribution in [0.5, 0.6) is 5.75 Å². The Bertz CT molecular complexity index is 638. The average molecular weight is 297 g/mol. The first-order valence-electron chi connectivity index (χ1n) is 5.85. The molecule has 0 saturated heterocycles. The summed E-state index contributed by atoms with van der Waals surface area (Å²) in [7, 11) is -2.01. The van der Waals surface area contributed by atoms with Crippen LogP contribution in [0.1, 0.15) is 17.4 Å². The predicted octanol–water partition coefficient (Wildman–Crippen LogP) is 1.07. The minimum atomic E-state index is -3.59. The standard InChI is InChI=1S/C12H15N3O4S/c1-18-10-5-3-9(4-6-10)7-12(19-20(2,16)17)11-8-13-15-14-11/h3-6,8,12H,7H2,1-2H3,(H,13,14,15). The lowest BCUT2D eigenvalue weighted by atomic mass is 10.1. The zero-order valence-electron chi connectivity index (χ0n) is 11.1. The van der Waals surface area contributed by atoms with Crippen molar-refractivity contribution in [3.63, 3.8) is 0 Å². The number of ether oxygens (including phenoxy) is 1. The van der Waals surface area contributed by atoms with Gasteiger partial charge in [0.15, 0.2) is 0 Å². The lowest BCUT2D eigenvalue weighted by molar-refractivity contribution is 0.211. The third-order valence-electron chi connectivity index (χ3n) is 2.64. The summed E-state index contributed by atoms with van der Waals surface area (Å²) < 4.78 is 32.8. The summed E-state index contributed by atoms with van der Waals surface area (Å²) in [6, 6.07) is 7.29. The molecule has 1 heterocycles. The molecule has 1 N–H and O–H groups in total. The molecule has 2 aromatic rings. The molecule has 0 aliphatic rings. The monoisotopic (exact) mass is 297 g/mol. The molecule has 0 spiro atoms. The van der Waals surface area contributed by atoms with Crippen LogP contribution >= 0.6 is 0 Å². The Kier molecular flexibility index (Phi) is 4.35. The van der Waals surface area contributed by atoms with E-state index in [1.807, 2.05) is 12.1 Å². The lowest BCUT2D eigenvalue weighted by Crippen LogP contribution is -2.13. The molecule has 1 aromatic carbocycles. The molecule has 2 rings (SSSR count). The van der Waals surface area contributed by atoms with E-state index in [0.29, 0.717) is 12.1 Å². The van der Waals surface area contributed by atoms with E-state index in [1.165, 1.54) is 6.20 Å². The van der Waals surface area contributed by atoms with Gasteiger partial charge < -0.3 is 4.74 Å². The SMILES string of the molecule is COc1ccc(CC(OS(C)(=O)=O)c2c[nH]nn2)cc1. The molecule has 108 valence electrons. The van der Waals surface area contributed by atoms with Crippen LogP contribution in [0.15, 0.2) is 30.5 Å². The first-order valence-corrected chi connectivity index (χ1v) is 7.67. The highest BCUT2D eigenvalue weighted by Crippen LogP contribution is 2.23. The minimum absolute atomic E-state index is 0.365. The average Bonchev–Trinajstić information content (AvgIpc) is 2.91. The third-order valence-corrected chi connectivity index (χ3v) is 3.22. The number of hydrogen-bond donors (Lipinski definition) is 1. The molecule has 1 atom stereocenters. The number of aromatic nitrogens is 3. The number of benzene rings is 1. The van der Waals surface area contributed by atoms with Crippen LogP contribution in [-0.2, 0) is 20.7 Å². The summed E-state index contributed by atoms with van der Waals surface area (Å²) >= 11 is 0. The molecule has 0 bridgehead atoms. The van der Waals surface area contributed by atoms with Crippen LogP contribution in [0.25, 0.3) is 0 Å². The fourth-order valence-corrected chi connectivity index (χ4v) is 2.33. The van der Waals surface area contributed by atoms with Crippen molar-refractivity contribution in [3.8, 4) is 5.75 Å². The van der Waals surface area contributed by atoms with Gasteiger partial charge in [-0.05, 0) is 17.7 Å². The van der Waals surface area contributed by atoms with E-state index in [4.69, 9.17) is 8.92 Å². The molecule has 1 unspecified atom stereocenters. The van der Waals surface area contributed by atoms with Crippen molar-refractivity contribution in [2.75, 3.05) is 13.4 Å². The van der Waals surface area contributed by atoms with Gasteiger partial charge in [-0.1, -0.05) is 17.3 Å². The van der Waals surface area contributed by atoms with Crippen LogP contribution in [0.3, 0.4) is 0 Å². The first-order chi connectivity index (χ1) is 9.48. The van der Waals surface area contributed by atoms with E-state index in [1.54, 1.807) is 19.2 Å². The molecule has 0 aliphatic heterocycles. The Hall–Kier alpha value is -1.93. The Morgan fingerprint density at radius 3 is 2.50 bits per heavy atom. The summed E-state index contributed by atoms with van der Waals surface area (Å²) in [5, 5.41) is 9.93. The molecular formula is C12H15N3O4S. The van der Waals surface area contributed by atoms with E-state index in [-0.39, 0.29) is 0 Å². The van der Waals surface area contributed by atoms with Gasteiger partial charge in [0.25, 0.3) is 10.1 Å². The van der Waals surface area contributed by atoms with E-state index >= 15 is 0 Å². The van der Waals surface area contributed by atoms with Crippen LogP contribution in [0, 0.1) is 0 Å². The highest BCUT2D eigenvalue weighted by molar-refractivity contribution is 7.86. The minimum Gasteiger partial charge on any atom is -0.497 e. The van der Waals surface area contributed by atoms with E-state index in [0.717, 1.165) is 17.6 Å². The summed E-state index contributed by atoms with van der Waals surface area (Å²) in [5.74, 6) is 0.732. The van der Waals surface area contributed by atoms with Gasteiger partial charge >= 0.3 is 0 Å². The second-order valence-corrected chi connectivity index (χ2v) is 5.84. The van der Waals surface area contributed by atoms with Gasteiger partial charge in [0.2, 0.25) is 0 Å². The first kappa shape index (κ1) is 14.5. The largest absolute Gasteiger partial charge is 0.497 e. The molecule has 1 aromatic heterocycles. The number of nitrogens with zero attached hydrogens (tertiary/aromatic N) is 2. The van der Waals surface area contributed by atoms with Crippen molar-refractivity contribution in [1.82, 2.24) is 15.4 Å². The lowest BCUT2D eigenvalue weighted by Gasteiger charge is -2.14. The van der Waals surface area contributed by atoms with Crippen molar-refractivity contribution in [2.45, 2.75) is 12.5 Å². The van der Waals surface area contributed by atoms with Crippen molar-refractivity contribution < 1.29 is 17.3 Å². The van der Waals surface area contributed by atoms with Gasteiger partial charge in [-0.15, -0.1) is 5.10 Å². The molecule has 20 heavy (non-hydrogen) atoms. The fourth-order valence-electron chi connectivity index (χ4n) is 1.74. The molecule has 0 fully saturated rings. The van der Waals surface area contributed by atoms with Crippen molar-refractivity contribution >= 4 is 10.1 Å². The van der Waals surface area contributed by atoms with Gasteiger partial charge in [0, 0.05) is 12.6 Å². The highest BCUT2D eigenvalue weighted by atomic mass is 32.2. The maximum atomic E-state index is 11.3. The van der Waals surface area contributed by atoms with Gasteiger partial charge in [0.05, 0.1) is 13.4 Å². The Balaban J connectivity index is 2.18. The van der Waals surface area contributed by atoms with E-state index < -0.39 is 16.2 Å². The molecule has 0 radical (unpaired) electrons. The quantitative estimate of drug-likeness (QED) is 0.802. The van der Waals surface area contributed by atoms with E-state index in [2.05, 4.69) is 15.4 Å². The molecular weight excluding hydrogens is 282 g/mol. The second-order valence-electron chi connectivity index (χ2n) is 4.24. The number of hydrogen-bond acceptors (Lipinski definition) is 6. The molecule has 0 aliphatic carbocycles. The van der Waals surface area contributed by atoms with Crippen molar-refractivity contribution in [1.29, 1.82) is 0 Å². The maximum absolute atomic E-state index is 11.3. The Labute approximate surface area is 117 Å². The van der Waals surface area contributed by atoms with Gasteiger partial charge in [-0.2, -0.15) is 8.42 Å². The number of methoxy groups -OCH3 is 1. The van der Waals surface area contributed by atoms with Crippen LogP contribution in [-0.4, -0.2) is 37.2 Å². The zero-order chi connectivity index (χ0) is 14.6. The topological polar surface area (TPSA) is 94.2 Å². The van der Waals surface area contributed by atoms with Crippen LogP contribution in [0.4, 0.5) is 0 Å². The molecule has 0 amide bonds. The van der Waals surface area contributed by atoms with Gasteiger partial charge in [0.1, 0.15) is 17.5 Å².